The van der Waals surface area contributed by atoms with Crippen molar-refractivity contribution in [2.75, 3.05) is 13.7 Å². The minimum atomic E-state index is -0.173. The second-order valence-electron chi connectivity index (χ2n) is 5.67. The van der Waals surface area contributed by atoms with Crippen LogP contribution in [0.5, 0.6) is 0 Å². The number of hydrogen-bond donors (Lipinski definition) is 0. The van der Waals surface area contributed by atoms with Crippen molar-refractivity contribution in [3.05, 3.63) is 12.4 Å². The van der Waals surface area contributed by atoms with Gasteiger partial charge in [-0.15, -0.1) is 12.4 Å². The molecule has 0 radical (unpaired) electrons. The van der Waals surface area contributed by atoms with E-state index in [1.54, 1.807) is 0 Å². The van der Waals surface area contributed by atoms with Crippen LogP contribution < -0.4 is 0 Å². The van der Waals surface area contributed by atoms with Crippen LogP contribution >= 0.6 is 12.4 Å². The molecule has 1 atom stereocenters. The topological polar surface area (TPSA) is 32.8 Å². The Hall–Kier alpha value is -0.900. The van der Waals surface area contributed by atoms with Crippen molar-refractivity contribution in [3.8, 4) is 0 Å². The van der Waals surface area contributed by atoms with Gasteiger partial charge in [0, 0.05) is 25.9 Å². The Morgan fingerprint density at radius 1 is 1.14 bits per heavy atom. The summed E-state index contributed by atoms with van der Waals surface area (Å²) in [7, 11) is 2.00. The van der Waals surface area contributed by atoms with Crippen molar-refractivity contribution in [1.29, 1.82) is 0 Å². The molecule has 0 aliphatic carbocycles. The summed E-state index contributed by atoms with van der Waals surface area (Å²) in [6, 6.07) is 0. The molecule has 0 aromatic heterocycles. The van der Waals surface area contributed by atoms with E-state index in [4.69, 9.17) is 4.74 Å². The predicted octanol–water partition coefficient (Wildman–Crippen LogP) is 4.11. The fraction of sp³-hybridized carbons (Fsp3) is 0.812. The lowest BCUT2D eigenvalue weighted by molar-refractivity contribution is -0.155. The Kier molecular flexibility index (Phi) is 11.2. The van der Waals surface area contributed by atoms with Gasteiger partial charge in [0.1, 0.15) is 0 Å². The Bertz CT molecular complexity index is 311. The highest BCUT2D eigenvalue weighted by atomic mass is 35.5. The van der Waals surface area contributed by atoms with E-state index in [1.807, 2.05) is 31.3 Å². The number of esters is 1. The maximum absolute atomic E-state index is 11.7. The van der Waals surface area contributed by atoms with Gasteiger partial charge in [-0.1, -0.05) is 45.4 Å². The molecular weight excluding hydrogens is 288 g/mol. The lowest BCUT2D eigenvalue weighted by atomic mass is 10.1. The van der Waals surface area contributed by atoms with Crippen molar-refractivity contribution in [1.82, 2.24) is 9.80 Å². The fourth-order valence-electron chi connectivity index (χ4n) is 2.33. The molecule has 1 aliphatic rings. The second-order valence-corrected chi connectivity index (χ2v) is 5.67. The summed E-state index contributed by atoms with van der Waals surface area (Å²) in [5, 5.41) is 0. The third-order valence-electron chi connectivity index (χ3n) is 3.65. The summed E-state index contributed by atoms with van der Waals surface area (Å²) in [5.41, 5.74) is 0. The monoisotopic (exact) mass is 318 g/mol. The summed E-state index contributed by atoms with van der Waals surface area (Å²) in [4.78, 5) is 15.8. The van der Waals surface area contributed by atoms with Crippen LogP contribution in [0.1, 0.15) is 65.2 Å². The van der Waals surface area contributed by atoms with E-state index in [0.29, 0.717) is 6.42 Å². The van der Waals surface area contributed by atoms with Gasteiger partial charge < -0.3 is 14.5 Å². The molecule has 0 aromatic rings. The van der Waals surface area contributed by atoms with Gasteiger partial charge >= 0.3 is 5.97 Å². The van der Waals surface area contributed by atoms with Crippen LogP contribution in [-0.2, 0) is 9.53 Å². The van der Waals surface area contributed by atoms with Gasteiger partial charge in [0.05, 0.1) is 6.67 Å². The Balaban J connectivity index is 0.00000400. The first kappa shape index (κ1) is 20.1. The van der Waals surface area contributed by atoms with Crippen molar-refractivity contribution in [2.45, 2.75) is 71.4 Å². The van der Waals surface area contributed by atoms with E-state index in [-0.39, 0.29) is 24.6 Å². The Morgan fingerprint density at radius 2 is 1.76 bits per heavy atom. The highest BCUT2D eigenvalue weighted by Crippen LogP contribution is 2.12. The largest absolute Gasteiger partial charge is 0.442 e. The summed E-state index contributed by atoms with van der Waals surface area (Å²) in [6.45, 7) is 4.93. The average molecular weight is 319 g/mol. The number of nitrogens with zero attached hydrogens (tertiary/aromatic N) is 2. The van der Waals surface area contributed by atoms with Crippen LogP contribution in [0.4, 0.5) is 0 Å². The lowest BCUT2D eigenvalue weighted by Crippen LogP contribution is -2.34. The SMILES string of the molecule is CCCCCCCCCC(=O)OC(C)N1C=CN(C)C1.Cl. The van der Waals surface area contributed by atoms with Gasteiger partial charge in [-0.3, -0.25) is 4.79 Å². The number of ether oxygens (including phenoxy) is 1. The van der Waals surface area contributed by atoms with E-state index in [9.17, 15) is 4.79 Å². The summed E-state index contributed by atoms with van der Waals surface area (Å²) in [5.74, 6) is -0.0750. The number of halogens is 1. The highest BCUT2D eigenvalue weighted by Gasteiger charge is 2.18. The van der Waals surface area contributed by atoms with Crippen LogP contribution in [-0.4, -0.2) is 35.7 Å². The number of unbranched alkanes of at least 4 members (excludes halogenated alkanes) is 6. The van der Waals surface area contributed by atoms with Gasteiger partial charge in [-0.25, -0.2) is 0 Å². The normalized spacial score (nSPS) is 15.0. The van der Waals surface area contributed by atoms with Crippen LogP contribution in [0.2, 0.25) is 0 Å². The van der Waals surface area contributed by atoms with E-state index < -0.39 is 0 Å². The number of rotatable bonds is 10. The molecule has 1 rings (SSSR count). The minimum Gasteiger partial charge on any atom is -0.442 e. The molecule has 21 heavy (non-hydrogen) atoms. The standard InChI is InChI=1S/C16H30N2O2.ClH/c1-4-5-6-7-8-9-10-11-16(19)20-15(2)18-13-12-17(3)14-18;/h12-13,15H,4-11,14H2,1-3H3;1H. The maximum Gasteiger partial charge on any atom is 0.307 e. The Labute approximate surface area is 135 Å². The van der Waals surface area contributed by atoms with Gasteiger partial charge in [-0.05, 0) is 13.3 Å². The molecule has 5 heteroatoms. The third-order valence-corrected chi connectivity index (χ3v) is 3.65. The molecule has 1 heterocycles. The minimum absolute atomic E-state index is 0. The van der Waals surface area contributed by atoms with Gasteiger partial charge in [0.25, 0.3) is 0 Å². The first-order chi connectivity index (χ1) is 9.63. The zero-order valence-corrected chi connectivity index (χ0v) is 14.5. The van der Waals surface area contributed by atoms with Gasteiger partial charge in [0.2, 0.25) is 0 Å². The van der Waals surface area contributed by atoms with Gasteiger partial charge in [0.15, 0.2) is 6.23 Å². The van der Waals surface area contributed by atoms with Crippen LogP contribution in [0.15, 0.2) is 12.4 Å². The quantitative estimate of drug-likeness (QED) is 0.448. The molecule has 0 N–H and O–H groups in total. The smallest absolute Gasteiger partial charge is 0.307 e. The predicted molar refractivity (Wildman–Crippen MR) is 89.0 cm³/mol. The van der Waals surface area contributed by atoms with Crippen molar-refractivity contribution in [2.24, 2.45) is 0 Å². The zero-order valence-electron chi connectivity index (χ0n) is 13.7. The molecule has 0 amide bonds. The van der Waals surface area contributed by atoms with E-state index >= 15 is 0 Å². The second kappa shape index (κ2) is 11.7. The molecule has 0 saturated carbocycles. The molecule has 1 aliphatic heterocycles. The fourth-order valence-corrected chi connectivity index (χ4v) is 2.33. The highest BCUT2D eigenvalue weighted by molar-refractivity contribution is 5.85. The molecule has 0 fully saturated rings. The summed E-state index contributed by atoms with van der Waals surface area (Å²) in [6.07, 6.45) is 12.9. The molecule has 0 aromatic carbocycles. The lowest BCUT2D eigenvalue weighted by Gasteiger charge is -2.25. The summed E-state index contributed by atoms with van der Waals surface area (Å²) >= 11 is 0. The van der Waals surface area contributed by atoms with Crippen LogP contribution in [0, 0.1) is 0 Å². The molecule has 0 spiro atoms. The molecule has 0 saturated heterocycles. The van der Waals surface area contributed by atoms with Crippen molar-refractivity contribution >= 4 is 18.4 Å². The molecule has 124 valence electrons. The number of hydrogen-bond acceptors (Lipinski definition) is 4. The maximum atomic E-state index is 11.7. The van der Waals surface area contributed by atoms with E-state index in [2.05, 4.69) is 11.8 Å². The van der Waals surface area contributed by atoms with Crippen molar-refractivity contribution < 1.29 is 9.53 Å². The number of carbonyl (C=O) groups is 1. The van der Waals surface area contributed by atoms with E-state index in [0.717, 1.165) is 19.5 Å². The average Bonchev–Trinajstić information content (AvgIpc) is 2.84. The number of carbonyl (C=O) groups excluding carboxylic acids is 1. The van der Waals surface area contributed by atoms with Crippen LogP contribution in [0.3, 0.4) is 0 Å². The molecular formula is C16H31ClN2O2. The zero-order chi connectivity index (χ0) is 14.8. The van der Waals surface area contributed by atoms with Crippen LogP contribution in [0.25, 0.3) is 0 Å². The van der Waals surface area contributed by atoms with Gasteiger partial charge in [-0.2, -0.15) is 0 Å². The first-order valence-corrected chi connectivity index (χ1v) is 7.97. The molecule has 1 unspecified atom stereocenters. The third kappa shape index (κ3) is 8.86. The Morgan fingerprint density at radius 3 is 2.33 bits per heavy atom. The molecule has 0 bridgehead atoms. The van der Waals surface area contributed by atoms with Crippen molar-refractivity contribution in [3.63, 3.8) is 0 Å². The van der Waals surface area contributed by atoms with E-state index in [1.165, 1.54) is 32.1 Å². The molecule has 4 nitrogen and oxygen atoms in total. The summed E-state index contributed by atoms with van der Waals surface area (Å²) < 4.78 is 5.44. The first-order valence-electron chi connectivity index (χ1n) is 7.97.